The molecule has 1 aliphatic rings. The highest BCUT2D eigenvalue weighted by atomic mass is 16.4. The smallest absolute Gasteiger partial charge is 0.319 e. The minimum Gasteiger partial charge on any atom is -0.480 e. The van der Waals surface area contributed by atoms with E-state index in [1.807, 2.05) is 32.9 Å². The molecule has 114 valence electrons. The summed E-state index contributed by atoms with van der Waals surface area (Å²) in [6, 6.07) is 4.23. The van der Waals surface area contributed by atoms with E-state index in [0.29, 0.717) is 0 Å². The lowest BCUT2D eigenvalue weighted by molar-refractivity contribution is -0.154. The Labute approximate surface area is 125 Å². The van der Waals surface area contributed by atoms with Crippen LogP contribution < -0.4 is 5.32 Å². The molecule has 0 spiro atoms. The molecule has 4 heteroatoms. The van der Waals surface area contributed by atoms with Crippen LogP contribution in [0.1, 0.15) is 42.0 Å². The molecule has 1 aromatic carbocycles. The number of nitrogens with one attached hydrogen (secondary N) is 1. The highest BCUT2D eigenvalue weighted by molar-refractivity contribution is 6.02. The van der Waals surface area contributed by atoms with Crippen LogP contribution in [0.2, 0.25) is 0 Å². The summed E-state index contributed by atoms with van der Waals surface area (Å²) in [6.45, 7) is 7.47. The molecule has 0 radical (unpaired) electrons. The molecule has 0 heterocycles. The molecule has 1 fully saturated rings. The molecular formula is C17H23NO3. The van der Waals surface area contributed by atoms with Gasteiger partial charge in [-0.05, 0) is 63.6 Å². The van der Waals surface area contributed by atoms with Crippen molar-refractivity contribution in [2.45, 2.75) is 53.0 Å². The maximum absolute atomic E-state index is 12.4. The molecule has 0 aromatic heterocycles. The van der Waals surface area contributed by atoms with Crippen LogP contribution >= 0.6 is 0 Å². The summed E-state index contributed by atoms with van der Waals surface area (Å²) in [5.74, 6) is -1.45. The van der Waals surface area contributed by atoms with Crippen LogP contribution in [0.4, 0.5) is 0 Å². The van der Waals surface area contributed by atoms with E-state index in [9.17, 15) is 14.7 Å². The minimum absolute atomic E-state index is 0.163. The summed E-state index contributed by atoms with van der Waals surface area (Å²) in [5.41, 5.74) is 2.76. The minimum atomic E-state index is -1.42. The van der Waals surface area contributed by atoms with E-state index < -0.39 is 11.4 Å². The van der Waals surface area contributed by atoms with Gasteiger partial charge in [0.1, 0.15) is 5.41 Å². The zero-order valence-electron chi connectivity index (χ0n) is 13.1. The molecule has 0 saturated heterocycles. The van der Waals surface area contributed by atoms with Crippen LogP contribution in [0.15, 0.2) is 12.1 Å². The zero-order valence-corrected chi connectivity index (χ0v) is 13.1. The Bertz CT molecular complexity index is 567. The predicted molar refractivity (Wildman–Crippen MR) is 81.3 cm³/mol. The number of rotatable bonds is 5. The summed E-state index contributed by atoms with van der Waals surface area (Å²) in [5, 5.41) is 12.4. The molecule has 1 saturated carbocycles. The van der Waals surface area contributed by atoms with Gasteiger partial charge < -0.3 is 10.4 Å². The highest BCUT2D eigenvalue weighted by Gasteiger charge is 2.43. The Morgan fingerprint density at radius 3 is 2.19 bits per heavy atom. The number of carboxylic acids is 1. The summed E-state index contributed by atoms with van der Waals surface area (Å²) >= 11 is 0. The Hall–Kier alpha value is -1.84. The van der Waals surface area contributed by atoms with Gasteiger partial charge in [-0.25, -0.2) is 0 Å². The zero-order chi connectivity index (χ0) is 15.8. The van der Waals surface area contributed by atoms with Crippen LogP contribution in [0.3, 0.4) is 0 Å². The molecule has 0 bridgehead atoms. The largest absolute Gasteiger partial charge is 0.480 e. The van der Waals surface area contributed by atoms with Gasteiger partial charge in [-0.1, -0.05) is 17.7 Å². The van der Waals surface area contributed by atoms with Crippen molar-refractivity contribution >= 4 is 11.9 Å². The standard InChI is InChI=1S/C17H23NO3/c1-10-7-11(2)14(12(3)8-10)9-17(4,16(20)21)15(19)18-13-5-6-13/h7-8,13H,5-6,9H2,1-4H3,(H,18,19)(H,20,21). The van der Waals surface area contributed by atoms with Gasteiger partial charge in [-0.2, -0.15) is 0 Å². The maximum atomic E-state index is 12.4. The van der Waals surface area contributed by atoms with Crippen molar-refractivity contribution < 1.29 is 14.7 Å². The van der Waals surface area contributed by atoms with Gasteiger partial charge in [0.2, 0.25) is 5.91 Å². The number of carboxylic acid groups (broad SMARTS) is 1. The second-order valence-corrected chi connectivity index (χ2v) is 6.44. The lowest BCUT2D eigenvalue weighted by Crippen LogP contribution is -2.47. The van der Waals surface area contributed by atoms with Crippen molar-refractivity contribution in [2.75, 3.05) is 0 Å². The van der Waals surface area contributed by atoms with Crippen LogP contribution in [-0.2, 0) is 16.0 Å². The molecule has 1 aliphatic carbocycles. The van der Waals surface area contributed by atoms with Crippen molar-refractivity contribution in [1.29, 1.82) is 0 Å². The fourth-order valence-corrected chi connectivity index (χ4v) is 2.67. The number of benzene rings is 1. The lowest BCUT2D eigenvalue weighted by Gasteiger charge is -2.26. The molecule has 21 heavy (non-hydrogen) atoms. The fraction of sp³-hybridized carbons (Fsp3) is 0.529. The Morgan fingerprint density at radius 2 is 1.76 bits per heavy atom. The predicted octanol–water partition coefficient (Wildman–Crippen LogP) is 2.52. The molecule has 1 unspecified atom stereocenters. The van der Waals surface area contributed by atoms with Gasteiger partial charge in [0.15, 0.2) is 0 Å². The number of carbonyl (C=O) groups excluding carboxylic acids is 1. The second kappa shape index (κ2) is 5.51. The topological polar surface area (TPSA) is 66.4 Å². The molecular weight excluding hydrogens is 266 g/mol. The fourth-order valence-electron chi connectivity index (χ4n) is 2.67. The first-order valence-corrected chi connectivity index (χ1v) is 7.35. The number of aryl methyl sites for hydroxylation is 3. The van der Waals surface area contributed by atoms with Gasteiger partial charge in [0, 0.05) is 6.04 Å². The maximum Gasteiger partial charge on any atom is 0.319 e. The summed E-state index contributed by atoms with van der Waals surface area (Å²) < 4.78 is 0. The third-order valence-corrected chi connectivity index (χ3v) is 4.26. The first kappa shape index (κ1) is 15.5. The Morgan fingerprint density at radius 1 is 1.24 bits per heavy atom. The molecule has 2 rings (SSSR count). The van der Waals surface area contributed by atoms with E-state index in [2.05, 4.69) is 5.32 Å². The van der Waals surface area contributed by atoms with Gasteiger partial charge in [0.05, 0.1) is 0 Å². The monoisotopic (exact) mass is 289 g/mol. The Kier molecular flexibility index (Phi) is 4.08. The lowest BCUT2D eigenvalue weighted by atomic mass is 9.79. The van der Waals surface area contributed by atoms with Crippen molar-refractivity contribution in [1.82, 2.24) is 5.32 Å². The first-order valence-electron chi connectivity index (χ1n) is 7.35. The average molecular weight is 289 g/mol. The summed E-state index contributed by atoms with van der Waals surface area (Å²) in [6.07, 6.45) is 2.12. The molecule has 1 atom stereocenters. The van der Waals surface area contributed by atoms with Crippen LogP contribution in [0.5, 0.6) is 0 Å². The van der Waals surface area contributed by atoms with E-state index in [1.165, 1.54) is 6.92 Å². The van der Waals surface area contributed by atoms with Crippen LogP contribution in [0, 0.1) is 26.2 Å². The number of aliphatic carboxylic acids is 1. The van der Waals surface area contributed by atoms with E-state index in [1.54, 1.807) is 0 Å². The SMILES string of the molecule is Cc1cc(C)c(CC(C)(C(=O)O)C(=O)NC2CC2)c(C)c1. The van der Waals surface area contributed by atoms with Gasteiger partial charge in [0.25, 0.3) is 0 Å². The van der Waals surface area contributed by atoms with Gasteiger partial charge >= 0.3 is 5.97 Å². The second-order valence-electron chi connectivity index (χ2n) is 6.44. The quantitative estimate of drug-likeness (QED) is 0.819. The van der Waals surface area contributed by atoms with Gasteiger partial charge in [-0.15, -0.1) is 0 Å². The van der Waals surface area contributed by atoms with E-state index >= 15 is 0 Å². The van der Waals surface area contributed by atoms with Crippen molar-refractivity contribution in [2.24, 2.45) is 5.41 Å². The van der Waals surface area contributed by atoms with Crippen LogP contribution in [0.25, 0.3) is 0 Å². The third-order valence-electron chi connectivity index (χ3n) is 4.26. The summed E-state index contributed by atoms with van der Waals surface area (Å²) in [4.78, 5) is 24.1. The third kappa shape index (κ3) is 3.26. The van der Waals surface area contributed by atoms with E-state index in [4.69, 9.17) is 0 Å². The number of amides is 1. The first-order chi connectivity index (χ1) is 9.74. The number of carbonyl (C=O) groups is 2. The van der Waals surface area contributed by atoms with Crippen LogP contribution in [-0.4, -0.2) is 23.0 Å². The molecule has 1 amide bonds. The molecule has 0 aliphatic heterocycles. The van der Waals surface area contributed by atoms with Crippen molar-refractivity contribution in [3.05, 3.63) is 34.4 Å². The normalized spacial score (nSPS) is 17.1. The van der Waals surface area contributed by atoms with Gasteiger partial charge in [-0.3, -0.25) is 9.59 Å². The van der Waals surface area contributed by atoms with E-state index in [0.717, 1.165) is 35.1 Å². The van der Waals surface area contributed by atoms with E-state index in [-0.39, 0.29) is 18.4 Å². The molecule has 1 aromatic rings. The van der Waals surface area contributed by atoms with Crippen molar-refractivity contribution in [3.63, 3.8) is 0 Å². The van der Waals surface area contributed by atoms with Crippen molar-refractivity contribution in [3.8, 4) is 0 Å². The Balaban J connectivity index is 2.31. The number of hydrogen-bond donors (Lipinski definition) is 2. The summed E-state index contributed by atoms with van der Waals surface area (Å²) in [7, 11) is 0. The molecule has 4 nitrogen and oxygen atoms in total. The highest BCUT2D eigenvalue weighted by Crippen LogP contribution is 2.30. The average Bonchev–Trinajstić information content (AvgIpc) is 3.16. The number of hydrogen-bond acceptors (Lipinski definition) is 2. The molecule has 2 N–H and O–H groups in total.